The standard InChI is InChI=1S/C16H18N4O5S/c1-23-12-8-13(24-2)18-15(17-12)19-16(22)20-26-9-10-6-4-5-7-11(10)14(21)25-3/h4-8H,9H2,1-3H3,(H2,17,18,19,20,22). The van der Waals surface area contributed by atoms with Gasteiger partial charge in [-0.2, -0.15) is 9.97 Å². The number of amides is 2. The van der Waals surface area contributed by atoms with Gasteiger partial charge in [0.2, 0.25) is 17.7 Å². The lowest BCUT2D eigenvalue weighted by Gasteiger charge is -2.09. The second kappa shape index (κ2) is 9.47. The van der Waals surface area contributed by atoms with Gasteiger partial charge in [-0.05, 0) is 23.6 Å². The minimum absolute atomic E-state index is 0.0364. The fraction of sp³-hybridized carbons (Fsp3) is 0.250. The molecule has 10 heteroatoms. The van der Waals surface area contributed by atoms with Crippen LogP contribution in [0.25, 0.3) is 0 Å². The third-order valence-electron chi connectivity index (χ3n) is 3.14. The van der Waals surface area contributed by atoms with Gasteiger partial charge >= 0.3 is 12.0 Å². The van der Waals surface area contributed by atoms with Gasteiger partial charge in [0.15, 0.2) is 0 Å². The molecule has 0 atom stereocenters. The number of methoxy groups -OCH3 is 3. The summed E-state index contributed by atoms with van der Waals surface area (Å²) in [6, 6.07) is 7.96. The third-order valence-corrected chi connectivity index (χ3v) is 3.92. The van der Waals surface area contributed by atoms with Gasteiger partial charge in [0, 0.05) is 5.75 Å². The topological polar surface area (TPSA) is 112 Å². The molecule has 1 aromatic heterocycles. The highest BCUT2D eigenvalue weighted by molar-refractivity contribution is 7.97. The number of benzene rings is 1. The zero-order valence-corrected chi connectivity index (χ0v) is 15.3. The summed E-state index contributed by atoms with van der Waals surface area (Å²) in [5.74, 6) is 0.497. The molecule has 0 fully saturated rings. The number of urea groups is 1. The normalized spacial score (nSPS) is 9.96. The third kappa shape index (κ3) is 5.24. The number of anilines is 1. The van der Waals surface area contributed by atoms with E-state index in [1.54, 1.807) is 24.3 Å². The van der Waals surface area contributed by atoms with Gasteiger partial charge in [-0.25, -0.2) is 9.59 Å². The Hall–Kier alpha value is -3.01. The molecule has 26 heavy (non-hydrogen) atoms. The Labute approximate surface area is 154 Å². The SMILES string of the molecule is COC(=O)c1ccccc1CSNC(=O)Nc1nc(OC)cc(OC)n1. The van der Waals surface area contributed by atoms with E-state index >= 15 is 0 Å². The number of carbonyl (C=O) groups excluding carboxylic acids is 2. The predicted molar refractivity (Wildman–Crippen MR) is 96.4 cm³/mol. The number of aromatic nitrogens is 2. The fourth-order valence-corrected chi connectivity index (χ4v) is 2.59. The zero-order valence-electron chi connectivity index (χ0n) is 14.4. The van der Waals surface area contributed by atoms with E-state index in [1.165, 1.54) is 27.4 Å². The molecule has 2 amide bonds. The van der Waals surface area contributed by atoms with Crippen molar-refractivity contribution < 1.29 is 23.8 Å². The van der Waals surface area contributed by atoms with Gasteiger partial charge in [-0.3, -0.25) is 10.0 Å². The summed E-state index contributed by atoms with van der Waals surface area (Å²) < 4.78 is 17.4. The summed E-state index contributed by atoms with van der Waals surface area (Å²) in [4.78, 5) is 31.7. The van der Waals surface area contributed by atoms with Crippen molar-refractivity contribution in [1.82, 2.24) is 14.7 Å². The molecule has 2 aromatic rings. The fourth-order valence-electron chi connectivity index (χ4n) is 1.93. The summed E-state index contributed by atoms with van der Waals surface area (Å²) in [6.45, 7) is 0. The van der Waals surface area contributed by atoms with E-state index in [9.17, 15) is 9.59 Å². The van der Waals surface area contributed by atoms with Gasteiger partial charge in [0.05, 0.1) is 33.0 Å². The minimum atomic E-state index is -0.527. The Morgan fingerprint density at radius 2 is 1.73 bits per heavy atom. The van der Waals surface area contributed by atoms with Crippen LogP contribution in [0.5, 0.6) is 11.8 Å². The highest BCUT2D eigenvalue weighted by atomic mass is 32.2. The molecule has 2 rings (SSSR count). The van der Waals surface area contributed by atoms with Crippen LogP contribution in [-0.2, 0) is 10.5 Å². The van der Waals surface area contributed by atoms with E-state index < -0.39 is 12.0 Å². The van der Waals surface area contributed by atoms with Crippen LogP contribution in [0.15, 0.2) is 30.3 Å². The molecule has 9 nitrogen and oxygen atoms in total. The van der Waals surface area contributed by atoms with E-state index in [-0.39, 0.29) is 17.7 Å². The van der Waals surface area contributed by atoms with Crippen molar-refractivity contribution in [1.29, 1.82) is 0 Å². The van der Waals surface area contributed by atoms with E-state index in [4.69, 9.17) is 14.2 Å². The summed E-state index contributed by atoms with van der Waals surface area (Å²) in [7, 11) is 4.21. The number of nitrogens with one attached hydrogen (secondary N) is 2. The number of esters is 1. The Kier molecular flexibility index (Phi) is 7.03. The molecule has 0 aliphatic carbocycles. The first-order valence-electron chi connectivity index (χ1n) is 7.39. The average molecular weight is 378 g/mol. The van der Waals surface area contributed by atoms with Crippen LogP contribution in [0.3, 0.4) is 0 Å². The number of rotatable bonds is 7. The summed E-state index contributed by atoms with van der Waals surface area (Å²) in [5.41, 5.74) is 1.19. The molecule has 0 spiro atoms. The second-order valence-corrected chi connectivity index (χ2v) is 5.55. The lowest BCUT2D eigenvalue weighted by molar-refractivity contribution is 0.0600. The second-order valence-electron chi connectivity index (χ2n) is 4.77. The monoisotopic (exact) mass is 378 g/mol. The van der Waals surface area contributed by atoms with Gasteiger partial charge in [-0.1, -0.05) is 18.2 Å². The Bertz CT molecular complexity index is 765. The largest absolute Gasteiger partial charge is 0.481 e. The smallest absolute Gasteiger partial charge is 0.338 e. The molecule has 0 aliphatic heterocycles. The van der Waals surface area contributed by atoms with Crippen molar-refractivity contribution >= 4 is 29.9 Å². The maximum Gasteiger partial charge on any atom is 0.338 e. The maximum absolute atomic E-state index is 12.0. The van der Waals surface area contributed by atoms with E-state index in [1.807, 2.05) is 0 Å². The number of ether oxygens (including phenoxy) is 3. The Morgan fingerprint density at radius 1 is 1.08 bits per heavy atom. The van der Waals surface area contributed by atoms with Crippen molar-refractivity contribution in [2.75, 3.05) is 26.6 Å². The molecular formula is C16H18N4O5S. The molecular weight excluding hydrogens is 360 g/mol. The van der Waals surface area contributed by atoms with Crippen LogP contribution < -0.4 is 19.5 Å². The van der Waals surface area contributed by atoms with Crippen molar-refractivity contribution in [2.24, 2.45) is 0 Å². The van der Waals surface area contributed by atoms with Crippen LogP contribution in [0.2, 0.25) is 0 Å². The van der Waals surface area contributed by atoms with E-state index in [2.05, 4.69) is 20.0 Å². The molecule has 1 aromatic carbocycles. The van der Waals surface area contributed by atoms with Gasteiger partial charge in [0.1, 0.15) is 0 Å². The van der Waals surface area contributed by atoms with E-state index in [0.29, 0.717) is 11.3 Å². The molecule has 0 saturated carbocycles. The van der Waals surface area contributed by atoms with E-state index in [0.717, 1.165) is 17.5 Å². The summed E-state index contributed by atoms with van der Waals surface area (Å²) in [5, 5.41) is 2.48. The number of nitrogens with zero attached hydrogens (tertiary/aromatic N) is 2. The van der Waals surface area contributed by atoms with Crippen molar-refractivity contribution in [3.63, 3.8) is 0 Å². The Morgan fingerprint density at radius 3 is 2.35 bits per heavy atom. The van der Waals surface area contributed by atoms with Crippen LogP contribution in [-0.4, -0.2) is 43.3 Å². The highest BCUT2D eigenvalue weighted by Gasteiger charge is 2.12. The molecule has 138 valence electrons. The summed E-state index contributed by atoms with van der Waals surface area (Å²) >= 11 is 1.11. The number of carbonyl (C=O) groups is 2. The number of hydrogen-bond donors (Lipinski definition) is 2. The first-order chi connectivity index (χ1) is 12.6. The molecule has 0 radical (unpaired) electrons. The van der Waals surface area contributed by atoms with Gasteiger partial charge < -0.3 is 14.2 Å². The number of hydrogen-bond acceptors (Lipinski definition) is 8. The summed E-state index contributed by atoms with van der Waals surface area (Å²) in [6.07, 6.45) is 0. The first-order valence-corrected chi connectivity index (χ1v) is 8.38. The minimum Gasteiger partial charge on any atom is -0.481 e. The van der Waals surface area contributed by atoms with Crippen LogP contribution in [0.4, 0.5) is 10.7 Å². The molecule has 2 N–H and O–H groups in total. The van der Waals surface area contributed by atoms with Crippen LogP contribution in [0, 0.1) is 0 Å². The Balaban J connectivity index is 1.93. The van der Waals surface area contributed by atoms with Gasteiger partial charge in [0.25, 0.3) is 0 Å². The predicted octanol–water partition coefficient (Wildman–Crippen LogP) is 2.25. The molecule has 0 saturated heterocycles. The molecule has 0 unspecified atom stereocenters. The molecule has 0 bridgehead atoms. The lowest BCUT2D eigenvalue weighted by atomic mass is 10.1. The maximum atomic E-state index is 12.0. The van der Waals surface area contributed by atoms with Crippen molar-refractivity contribution in [3.8, 4) is 11.8 Å². The van der Waals surface area contributed by atoms with Gasteiger partial charge in [-0.15, -0.1) is 0 Å². The zero-order chi connectivity index (χ0) is 18.9. The van der Waals surface area contributed by atoms with Crippen LogP contribution in [0.1, 0.15) is 15.9 Å². The quantitative estimate of drug-likeness (QED) is 0.557. The van der Waals surface area contributed by atoms with Crippen molar-refractivity contribution in [3.05, 3.63) is 41.5 Å². The first kappa shape index (κ1) is 19.3. The highest BCUT2D eigenvalue weighted by Crippen LogP contribution is 2.18. The molecule has 1 heterocycles. The average Bonchev–Trinajstić information content (AvgIpc) is 2.67. The van der Waals surface area contributed by atoms with Crippen LogP contribution >= 0.6 is 11.9 Å². The van der Waals surface area contributed by atoms with Crippen molar-refractivity contribution in [2.45, 2.75) is 5.75 Å². The lowest BCUT2D eigenvalue weighted by Crippen LogP contribution is -2.24. The molecule has 0 aliphatic rings.